The van der Waals surface area contributed by atoms with Gasteiger partial charge in [0.15, 0.2) is 0 Å². The van der Waals surface area contributed by atoms with Crippen LogP contribution in [0.5, 0.6) is 0 Å². The van der Waals surface area contributed by atoms with Crippen LogP contribution in [0.4, 0.5) is 4.79 Å². The van der Waals surface area contributed by atoms with E-state index in [1.807, 2.05) is 95.3 Å². The first kappa shape index (κ1) is 31.3. The number of Topliss-reactive ketones (excluding diaryl/α,β-unsaturated/α-hetero) is 1. The molecule has 0 saturated heterocycles. The zero-order valence-corrected chi connectivity index (χ0v) is 25.8. The number of nitrogens with zero attached hydrogens (tertiary/aromatic N) is 2. The van der Waals surface area contributed by atoms with Crippen LogP contribution >= 0.6 is 0 Å². The Morgan fingerprint density at radius 1 is 0.975 bits per heavy atom. The summed E-state index contributed by atoms with van der Waals surface area (Å²) in [6.45, 7) is 9.83. The quantitative estimate of drug-likeness (QED) is 0.153. The number of nitrogens with one attached hydrogen (secondary N) is 2. The van der Waals surface area contributed by atoms with Gasteiger partial charge < -0.3 is 0 Å². The fourth-order valence-electron chi connectivity index (χ4n) is 3.85. The Morgan fingerprint density at radius 3 is 2.25 bits per heavy atom. The average molecular weight is 662 g/mol. The number of ether oxygens (including phenoxy) is 1. The van der Waals surface area contributed by atoms with E-state index in [2.05, 4.69) is 20.8 Å². The van der Waals surface area contributed by atoms with Gasteiger partial charge in [-0.05, 0) is 0 Å². The van der Waals surface area contributed by atoms with E-state index >= 15 is 0 Å². The molecule has 0 aliphatic rings. The van der Waals surface area contributed by atoms with Crippen molar-refractivity contribution in [2.75, 3.05) is 8.86 Å². The van der Waals surface area contributed by atoms with Gasteiger partial charge in [-0.15, -0.1) is 0 Å². The molecule has 10 heteroatoms. The van der Waals surface area contributed by atoms with Crippen LogP contribution in [0.15, 0.2) is 65.1 Å². The van der Waals surface area contributed by atoms with Gasteiger partial charge in [0, 0.05) is 0 Å². The zero-order valence-electron chi connectivity index (χ0n) is 23.6. The van der Waals surface area contributed by atoms with Gasteiger partial charge in [0.05, 0.1) is 0 Å². The Labute approximate surface area is 246 Å². The summed E-state index contributed by atoms with van der Waals surface area (Å²) in [4.78, 5) is 39.1. The number of carbonyl (C=O) groups excluding carboxylic acids is 3. The molecule has 1 heterocycles. The summed E-state index contributed by atoms with van der Waals surface area (Å²) in [5.41, 5.74) is 1.26. The number of alkyl carbamates (subject to hydrolysis) is 1. The molecule has 0 radical (unpaired) electrons. The summed E-state index contributed by atoms with van der Waals surface area (Å²) >= 11 is -0.381. The summed E-state index contributed by atoms with van der Waals surface area (Å²) in [7, 11) is 0. The number of hydrogen-bond acceptors (Lipinski definition) is 7. The Balaban J connectivity index is 1.69. The third-order valence-corrected chi connectivity index (χ3v) is 9.39. The van der Waals surface area contributed by atoms with E-state index < -0.39 is 35.3 Å². The van der Waals surface area contributed by atoms with Crippen molar-refractivity contribution in [2.24, 2.45) is 5.41 Å². The number of alkyl halides is 2. The van der Waals surface area contributed by atoms with Gasteiger partial charge in [-0.3, -0.25) is 0 Å². The van der Waals surface area contributed by atoms with Gasteiger partial charge in [-0.25, -0.2) is 0 Å². The van der Waals surface area contributed by atoms with E-state index in [9.17, 15) is 14.4 Å². The number of aromatic nitrogens is 2. The topological polar surface area (TPSA) is 123 Å². The summed E-state index contributed by atoms with van der Waals surface area (Å²) < 4.78 is 13.1. The first-order chi connectivity index (χ1) is 19.1. The number of carbonyl (C=O) groups is 3. The summed E-state index contributed by atoms with van der Waals surface area (Å²) in [6.07, 6.45) is -0.431. The molecule has 0 saturated carbocycles. The molecule has 2 aromatic carbocycles. The van der Waals surface area contributed by atoms with Crippen LogP contribution in [0.1, 0.15) is 58.5 Å². The van der Waals surface area contributed by atoms with Crippen molar-refractivity contribution in [1.82, 2.24) is 20.8 Å². The maximum absolute atomic E-state index is 13.1. The van der Waals surface area contributed by atoms with E-state index in [1.54, 1.807) is 0 Å². The van der Waals surface area contributed by atoms with Crippen molar-refractivity contribution in [2.45, 2.75) is 65.6 Å². The Morgan fingerprint density at radius 2 is 1.62 bits per heavy atom. The number of halogens is 1. The normalized spacial score (nSPS) is 13.7. The molecule has 3 atom stereocenters. The van der Waals surface area contributed by atoms with Crippen molar-refractivity contribution in [3.05, 3.63) is 72.1 Å². The Bertz CT molecular complexity index is 1250. The molecule has 3 rings (SSSR count). The first-order valence-electron chi connectivity index (χ1n) is 13.4. The standard InChI is InChI=1S/C30H38IN4O5/c1-6-30(4,5)24(18-25-34-35-28(40-25)22-16-12-9-13-17-22)39-29(38)33-23(19-31-7-2)26(36)27(37)32-20(3)21-14-10-8-11-15-21/h8-17,20,23-24H,6-7,18-19H2,1-5H3,(H,32,37)(H,33,38)/q-1/t20-,23+,24-/m1/s1. The second-order valence-electron chi connectivity index (χ2n) is 10.1. The Hall–Kier alpha value is -3.28. The molecule has 40 heavy (non-hydrogen) atoms. The van der Waals surface area contributed by atoms with E-state index in [-0.39, 0.29) is 33.7 Å². The molecule has 0 aliphatic carbocycles. The third-order valence-electron chi connectivity index (χ3n) is 6.81. The zero-order chi connectivity index (χ0) is 29.1. The molecule has 0 fully saturated rings. The van der Waals surface area contributed by atoms with Crippen molar-refractivity contribution < 1.29 is 44.7 Å². The molecular formula is C30H38IN4O5-. The van der Waals surface area contributed by atoms with E-state index in [0.717, 1.165) is 15.6 Å². The van der Waals surface area contributed by atoms with Crippen molar-refractivity contribution in [3.8, 4) is 11.5 Å². The first-order valence-corrected chi connectivity index (χ1v) is 16.5. The van der Waals surface area contributed by atoms with Crippen molar-refractivity contribution in [3.63, 3.8) is 0 Å². The van der Waals surface area contributed by atoms with Gasteiger partial charge in [0.25, 0.3) is 0 Å². The van der Waals surface area contributed by atoms with Gasteiger partial charge in [0.1, 0.15) is 0 Å². The van der Waals surface area contributed by atoms with Gasteiger partial charge >= 0.3 is 229 Å². The van der Waals surface area contributed by atoms with E-state index in [4.69, 9.17) is 9.15 Å². The number of hydrogen-bond donors (Lipinski definition) is 2. The molecule has 0 aliphatic heterocycles. The number of benzene rings is 2. The molecular weight excluding hydrogens is 623 g/mol. The molecule has 3 aromatic rings. The van der Waals surface area contributed by atoms with Crippen LogP contribution in [0.2, 0.25) is 0 Å². The SMILES string of the molecule is CC[I-]C[C@H](NC(=O)O[C@H](Cc1nnc(-c2ccccc2)o1)C(C)(C)CC)C(=O)C(=O)N[C@H](C)c1ccccc1. The molecule has 1 aromatic heterocycles. The van der Waals surface area contributed by atoms with Crippen LogP contribution in [0.3, 0.4) is 0 Å². The number of rotatable bonds is 14. The van der Waals surface area contributed by atoms with E-state index in [1.165, 1.54) is 0 Å². The molecule has 2 N–H and O–H groups in total. The predicted molar refractivity (Wildman–Crippen MR) is 148 cm³/mol. The molecule has 2 amide bonds. The number of amides is 2. The fourth-order valence-corrected chi connectivity index (χ4v) is 5.71. The van der Waals surface area contributed by atoms with Gasteiger partial charge in [0.2, 0.25) is 0 Å². The summed E-state index contributed by atoms with van der Waals surface area (Å²) in [5, 5.41) is 13.7. The predicted octanol–water partition coefficient (Wildman–Crippen LogP) is 1.73. The van der Waals surface area contributed by atoms with E-state index in [0.29, 0.717) is 22.6 Å². The third kappa shape index (κ3) is 8.87. The Kier molecular flexibility index (Phi) is 11.7. The van der Waals surface area contributed by atoms with Crippen LogP contribution in [-0.2, 0) is 20.7 Å². The molecule has 0 bridgehead atoms. The van der Waals surface area contributed by atoms with Crippen LogP contribution in [0, 0.1) is 5.41 Å². The summed E-state index contributed by atoms with van der Waals surface area (Å²) in [6, 6.07) is 17.5. The fraction of sp³-hybridized carbons (Fsp3) is 0.433. The van der Waals surface area contributed by atoms with Gasteiger partial charge in [-0.2, -0.15) is 0 Å². The minimum atomic E-state index is -0.957. The molecule has 216 valence electrons. The monoisotopic (exact) mass is 661 g/mol. The van der Waals surface area contributed by atoms with Gasteiger partial charge in [-0.1, -0.05) is 18.2 Å². The molecule has 9 nitrogen and oxygen atoms in total. The minimum absolute atomic E-state index is 0.212. The van der Waals surface area contributed by atoms with Crippen LogP contribution in [0.25, 0.3) is 11.5 Å². The molecule has 0 spiro atoms. The second kappa shape index (κ2) is 14.9. The molecule has 0 unspecified atom stereocenters. The van der Waals surface area contributed by atoms with Crippen molar-refractivity contribution in [1.29, 1.82) is 0 Å². The maximum atomic E-state index is 13.1. The number of ketones is 1. The summed E-state index contributed by atoms with van der Waals surface area (Å²) in [5.74, 6) is -0.676. The average Bonchev–Trinajstić information content (AvgIpc) is 3.44. The van der Waals surface area contributed by atoms with Crippen molar-refractivity contribution >= 4 is 17.8 Å². The van der Waals surface area contributed by atoms with Crippen LogP contribution < -0.4 is 31.8 Å². The second-order valence-corrected chi connectivity index (χ2v) is 13.6. The van der Waals surface area contributed by atoms with Crippen LogP contribution in [-0.4, -0.2) is 49.0 Å².